The van der Waals surface area contributed by atoms with E-state index >= 15 is 0 Å². The van der Waals surface area contributed by atoms with E-state index in [0.29, 0.717) is 12.8 Å². The summed E-state index contributed by atoms with van der Waals surface area (Å²) in [6, 6.07) is 18.5. The van der Waals surface area contributed by atoms with Crippen LogP contribution in [0.15, 0.2) is 83.8 Å². The first-order valence-electron chi connectivity index (χ1n) is 11.5. The van der Waals surface area contributed by atoms with Crippen LogP contribution in [0.4, 0.5) is 24.5 Å². The predicted molar refractivity (Wildman–Crippen MR) is 132 cm³/mol. The highest BCUT2D eigenvalue weighted by Gasteiger charge is 2.33. The molecule has 0 aliphatic carbocycles. The Morgan fingerprint density at radius 3 is 2.16 bits per heavy atom. The van der Waals surface area contributed by atoms with E-state index in [9.17, 15) is 31.2 Å². The van der Waals surface area contributed by atoms with Crippen molar-refractivity contribution in [3.8, 4) is 0 Å². The number of carbonyl (C=O) groups is 2. The molecule has 2 amide bonds. The molecule has 3 aromatic rings. The lowest BCUT2D eigenvalue weighted by molar-refractivity contribution is -0.137. The number of nitrogens with one attached hydrogen (secondary N) is 2. The molecule has 1 aliphatic rings. The van der Waals surface area contributed by atoms with Gasteiger partial charge in [0.25, 0.3) is 5.91 Å². The van der Waals surface area contributed by atoms with Gasteiger partial charge in [-0.05, 0) is 55.3 Å². The van der Waals surface area contributed by atoms with E-state index in [1.165, 1.54) is 40.7 Å². The second-order valence-electron chi connectivity index (χ2n) is 8.56. The summed E-state index contributed by atoms with van der Waals surface area (Å²) >= 11 is 0. The van der Waals surface area contributed by atoms with Crippen LogP contribution in [-0.2, 0) is 21.0 Å². The van der Waals surface area contributed by atoms with Crippen molar-refractivity contribution < 1.29 is 31.2 Å². The van der Waals surface area contributed by atoms with Crippen molar-refractivity contribution in [1.82, 2.24) is 4.31 Å². The van der Waals surface area contributed by atoms with Gasteiger partial charge in [-0.1, -0.05) is 36.4 Å². The molecule has 0 saturated carbocycles. The molecule has 0 bridgehead atoms. The third-order valence-electron chi connectivity index (χ3n) is 6.08. The third kappa shape index (κ3) is 6.17. The van der Waals surface area contributed by atoms with E-state index in [1.54, 1.807) is 30.3 Å². The number of halogens is 3. The molecule has 2 N–H and O–H groups in total. The lowest BCUT2D eigenvalue weighted by Crippen LogP contribution is -2.41. The highest BCUT2D eigenvalue weighted by atomic mass is 32.2. The number of piperidine rings is 1. The zero-order chi connectivity index (χ0) is 26.6. The molecule has 7 nitrogen and oxygen atoms in total. The van der Waals surface area contributed by atoms with E-state index in [2.05, 4.69) is 10.6 Å². The van der Waals surface area contributed by atoms with Gasteiger partial charge in [-0.25, -0.2) is 8.42 Å². The summed E-state index contributed by atoms with van der Waals surface area (Å²) in [4.78, 5) is 26.0. The summed E-state index contributed by atoms with van der Waals surface area (Å²) in [7, 11) is -3.65. The number of amides is 2. The predicted octanol–water partition coefficient (Wildman–Crippen LogP) is 5.00. The summed E-state index contributed by atoms with van der Waals surface area (Å²) < 4.78 is 66.0. The van der Waals surface area contributed by atoms with Gasteiger partial charge in [0.15, 0.2) is 0 Å². The van der Waals surface area contributed by atoms with Crippen molar-refractivity contribution in [2.24, 2.45) is 5.92 Å². The Kier molecular flexibility index (Phi) is 7.65. The summed E-state index contributed by atoms with van der Waals surface area (Å²) in [6.45, 7) is 0.347. The molecule has 3 aromatic carbocycles. The number of sulfonamides is 1. The molecule has 1 heterocycles. The zero-order valence-electron chi connectivity index (χ0n) is 19.5. The standard InChI is InChI=1S/C26H24F3N3O4S/c27-26(28,29)19-7-6-8-20(17-19)30-25(34)22-11-4-5-12-23(22)31-24(33)18-13-15-32(16-14-18)37(35,36)21-9-2-1-3-10-21/h1-12,17-18H,13-16H2,(H,30,34)(H,31,33). The number of anilines is 2. The van der Waals surface area contributed by atoms with Gasteiger partial charge in [0.05, 0.1) is 21.7 Å². The summed E-state index contributed by atoms with van der Waals surface area (Å²) in [6.07, 6.45) is -3.95. The number of hydrogen-bond acceptors (Lipinski definition) is 4. The maximum atomic E-state index is 13.0. The minimum Gasteiger partial charge on any atom is -0.325 e. The van der Waals surface area contributed by atoms with Crippen LogP contribution >= 0.6 is 0 Å². The quantitative estimate of drug-likeness (QED) is 0.468. The Morgan fingerprint density at radius 2 is 1.49 bits per heavy atom. The largest absolute Gasteiger partial charge is 0.416 e. The highest BCUT2D eigenvalue weighted by molar-refractivity contribution is 7.89. The third-order valence-corrected chi connectivity index (χ3v) is 8.00. The van der Waals surface area contributed by atoms with Crippen LogP contribution in [0.3, 0.4) is 0 Å². The van der Waals surface area contributed by atoms with Crippen LogP contribution in [0, 0.1) is 5.92 Å². The molecule has 0 unspecified atom stereocenters. The maximum Gasteiger partial charge on any atom is 0.416 e. The fourth-order valence-electron chi connectivity index (χ4n) is 4.10. The topological polar surface area (TPSA) is 95.6 Å². The van der Waals surface area contributed by atoms with Gasteiger partial charge in [0.2, 0.25) is 15.9 Å². The number of nitrogens with zero attached hydrogens (tertiary/aromatic N) is 1. The Morgan fingerprint density at radius 1 is 0.838 bits per heavy atom. The molecule has 11 heteroatoms. The van der Waals surface area contributed by atoms with E-state index in [4.69, 9.17) is 0 Å². The Hall–Kier alpha value is -3.70. The van der Waals surface area contributed by atoms with Crippen LogP contribution in [0.5, 0.6) is 0 Å². The molecule has 1 saturated heterocycles. The summed E-state index contributed by atoms with van der Waals surface area (Å²) in [5, 5.41) is 5.16. The lowest BCUT2D eigenvalue weighted by Gasteiger charge is -2.30. The molecular formula is C26H24F3N3O4S. The van der Waals surface area contributed by atoms with E-state index in [-0.39, 0.29) is 40.8 Å². The molecule has 0 spiro atoms. The van der Waals surface area contributed by atoms with Gasteiger partial charge in [-0.3, -0.25) is 9.59 Å². The van der Waals surface area contributed by atoms with Crippen LogP contribution in [0.25, 0.3) is 0 Å². The van der Waals surface area contributed by atoms with E-state index < -0.39 is 33.6 Å². The normalized spacial score (nSPS) is 15.2. The molecule has 1 fully saturated rings. The zero-order valence-corrected chi connectivity index (χ0v) is 20.4. The molecule has 37 heavy (non-hydrogen) atoms. The number of benzene rings is 3. The summed E-state index contributed by atoms with van der Waals surface area (Å²) in [5.41, 5.74) is -0.644. The molecule has 0 atom stereocenters. The molecular weight excluding hydrogens is 507 g/mol. The van der Waals surface area contributed by atoms with Crippen molar-refractivity contribution in [3.05, 3.63) is 90.0 Å². The van der Waals surface area contributed by atoms with Gasteiger partial charge in [-0.2, -0.15) is 17.5 Å². The highest BCUT2D eigenvalue weighted by Crippen LogP contribution is 2.31. The monoisotopic (exact) mass is 531 g/mol. The second kappa shape index (κ2) is 10.7. The van der Waals surface area contributed by atoms with Crippen LogP contribution in [0.2, 0.25) is 0 Å². The Balaban J connectivity index is 1.41. The Labute approximate surface area is 212 Å². The van der Waals surface area contributed by atoms with Gasteiger partial charge in [0, 0.05) is 24.7 Å². The van der Waals surface area contributed by atoms with Gasteiger partial charge < -0.3 is 10.6 Å². The molecule has 194 valence electrons. The fourth-order valence-corrected chi connectivity index (χ4v) is 5.59. The average Bonchev–Trinajstić information content (AvgIpc) is 2.89. The number of para-hydroxylation sites is 1. The van der Waals surface area contributed by atoms with Crippen molar-refractivity contribution >= 4 is 33.2 Å². The minimum atomic E-state index is -4.55. The SMILES string of the molecule is O=C(Nc1cccc(C(F)(F)F)c1)c1ccccc1NC(=O)C1CCN(S(=O)(=O)c2ccccc2)CC1. The first-order chi connectivity index (χ1) is 17.6. The molecule has 0 radical (unpaired) electrons. The van der Waals surface area contributed by atoms with Gasteiger partial charge in [-0.15, -0.1) is 0 Å². The van der Waals surface area contributed by atoms with Crippen LogP contribution in [-0.4, -0.2) is 37.6 Å². The van der Waals surface area contributed by atoms with Crippen molar-refractivity contribution in [1.29, 1.82) is 0 Å². The maximum absolute atomic E-state index is 13.0. The van der Waals surface area contributed by atoms with E-state index in [0.717, 1.165) is 12.1 Å². The van der Waals surface area contributed by atoms with Gasteiger partial charge in [0.1, 0.15) is 0 Å². The van der Waals surface area contributed by atoms with E-state index in [1.807, 2.05) is 0 Å². The Bertz CT molecular complexity index is 1390. The number of hydrogen-bond donors (Lipinski definition) is 2. The smallest absolute Gasteiger partial charge is 0.325 e. The number of carbonyl (C=O) groups excluding carboxylic acids is 2. The minimum absolute atomic E-state index is 0.0343. The first kappa shape index (κ1) is 26.4. The molecule has 4 rings (SSSR count). The fraction of sp³-hybridized carbons (Fsp3) is 0.231. The van der Waals surface area contributed by atoms with Crippen molar-refractivity contribution in [2.75, 3.05) is 23.7 Å². The number of alkyl halides is 3. The van der Waals surface area contributed by atoms with Gasteiger partial charge >= 0.3 is 6.18 Å². The number of rotatable bonds is 6. The van der Waals surface area contributed by atoms with Crippen molar-refractivity contribution in [3.63, 3.8) is 0 Å². The average molecular weight is 532 g/mol. The lowest BCUT2D eigenvalue weighted by atomic mass is 9.97. The summed E-state index contributed by atoms with van der Waals surface area (Å²) in [5.74, 6) is -1.52. The van der Waals surface area contributed by atoms with Crippen LogP contribution < -0.4 is 10.6 Å². The molecule has 0 aromatic heterocycles. The van der Waals surface area contributed by atoms with Crippen LogP contribution in [0.1, 0.15) is 28.8 Å². The molecule has 1 aliphatic heterocycles. The first-order valence-corrected chi connectivity index (χ1v) is 12.9. The van der Waals surface area contributed by atoms with Crippen molar-refractivity contribution in [2.45, 2.75) is 23.9 Å². The second-order valence-corrected chi connectivity index (χ2v) is 10.5.